The summed E-state index contributed by atoms with van der Waals surface area (Å²) in [5.74, 6) is 8.73. The number of rotatable bonds is 52. The Morgan fingerprint density at radius 1 is 0.245 bits per heavy atom. The van der Waals surface area contributed by atoms with Crippen LogP contribution in [0, 0.1) is 71.0 Å². The molecule has 12 heteroatoms. The normalized spacial score (nSPS) is 15.0. The first-order chi connectivity index (χ1) is 52.7. The summed E-state index contributed by atoms with van der Waals surface area (Å²) in [7, 11) is 0. The summed E-state index contributed by atoms with van der Waals surface area (Å²) in [6.45, 7) is 44.2. The molecule has 0 aliphatic carbocycles. The molecule has 0 radical (unpaired) electrons. The van der Waals surface area contributed by atoms with E-state index in [1.165, 1.54) is 86.8 Å². The number of fused-ring (bicyclic) bond motifs is 2. The Morgan fingerprint density at radius 3 is 0.645 bits per heavy atom. The Bertz CT molecular complexity index is 3630. The largest absolute Gasteiger partial charge is 0.490 e. The molecule has 12 nitrogen and oxygen atoms in total. The average molecular weight is 1510 g/mol. The third-order valence-corrected chi connectivity index (χ3v) is 23.7. The number of benzene rings is 7. The molecule has 0 bridgehead atoms. The number of nitrogens with zero attached hydrogens (tertiary/aromatic N) is 2. The van der Waals surface area contributed by atoms with Crippen LogP contribution in [-0.4, -0.2) is 73.1 Å². The summed E-state index contributed by atoms with van der Waals surface area (Å²) in [4.78, 5) is 64.3. The molecule has 7 aromatic rings. The van der Waals surface area contributed by atoms with Crippen molar-refractivity contribution in [3.8, 4) is 34.5 Å². The van der Waals surface area contributed by atoms with Gasteiger partial charge in [0.2, 0.25) is 11.5 Å². The number of hydrogen-bond donors (Lipinski definition) is 0. The first-order valence-corrected chi connectivity index (χ1v) is 43.7. The maximum absolute atomic E-state index is 15.4. The second-order valence-corrected chi connectivity index (χ2v) is 36.8. The number of imide groups is 2. The molecule has 6 atom stereocenters. The molecule has 2 heterocycles. The molecule has 0 saturated heterocycles. The van der Waals surface area contributed by atoms with Gasteiger partial charge in [-0.1, -0.05) is 264 Å². The molecule has 9 rings (SSSR count). The van der Waals surface area contributed by atoms with E-state index < -0.39 is 0 Å². The van der Waals surface area contributed by atoms with Crippen LogP contribution in [0.2, 0.25) is 0 Å². The molecule has 0 unspecified atom stereocenters. The van der Waals surface area contributed by atoms with E-state index in [0.29, 0.717) is 189 Å². The van der Waals surface area contributed by atoms with Gasteiger partial charge >= 0.3 is 0 Å². The molecule has 0 saturated carbocycles. The number of hydrogen-bond acceptors (Lipinski definition) is 10. The summed E-state index contributed by atoms with van der Waals surface area (Å²) >= 11 is 0. The first-order valence-electron chi connectivity index (χ1n) is 43.7. The van der Waals surface area contributed by atoms with Crippen LogP contribution >= 0.6 is 0 Å². The van der Waals surface area contributed by atoms with Crippen molar-refractivity contribution in [1.29, 1.82) is 0 Å². The van der Waals surface area contributed by atoms with E-state index in [0.717, 1.165) is 109 Å². The summed E-state index contributed by atoms with van der Waals surface area (Å²) in [6.07, 6.45) is 26.4. The molecular formula is C98H142N2O10. The van der Waals surface area contributed by atoms with E-state index in [-0.39, 0.29) is 36.7 Å². The van der Waals surface area contributed by atoms with E-state index in [2.05, 4.69) is 125 Å². The Kier molecular flexibility index (Phi) is 33.3. The number of amides is 4. The highest BCUT2D eigenvalue weighted by Gasteiger charge is 2.38. The molecule has 2 aliphatic heterocycles. The minimum atomic E-state index is -0.387. The Balaban J connectivity index is 1.02. The van der Waals surface area contributed by atoms with Crippen molar-refractivity contribution in [2.24, 2.45) is 71.0 Å². The van der Waals surface area contributed by atoms with Gasteiger partial charge in [0, 0.05) is 33.0 Å². The third kappa shape index (κ3) is 24.0. The third-order valence-electron chi connectivity index (χ3n) is 23.7. The van der Waals surface area contributed by atoms with Gasteiger partial charge in [0.1, 0.15) is 0 Å². The van der Waals surface area contributed by atoms with Gasteiger partial charge in [-0.05, 0) is 202 Å². The number of carbonyl (C=O) groups is 4. The molecular weight excluding hydrogens is 1370 g/mol. The molecule has 7 aromatic carbocycles. The fourth-order valence-corrected chi connectivity index (χ4v) is 16.5. The van der Waals surface area contributed by atoms with Gasteiger partial charge in [-0.2, -0.15) is 0 Å². The maximum atomic E-state index is 15.4. The highest BCUT2D eigenvalue weighted by molar-refractivity contribution is 6.41. The molecule has 0 spiro atoms. The minimum absolute atomic E-state index is 0.00985. The van der Waals surface area contributed by atoms with Gasteiger partial charge in [-0.3, -0.25) is 29.0 Å². The van der Waals surface area contributed by atoms with Crippen LogP contribution in [0.5, 0.6) is 34.5 Å². The zero-order chi connectivity index (χ0) is 79.3. The van der Waals surface area contributed by atoms with Crippen molar-refractivity contribution in [2.75, 3.05) is 39.6 Å². The first kappa shape index (κ1) is 86.9. The number of ether oxygens (including phenoxy) is 6. The summed E-state index contributed by atoms with van der Waals surface area (Å²) in [5, 5.41) is 6.13. The SMILES string of the molecule is CC(C)CCC[C@@H](C)CCOc1cc(CN2C(=O)c3ccc4c5ccc6c7c(ccc(c8ccc(c3c48)C2=O)c75)C(=O)N(Cc2cc(OCC[C@H](C)CCCC(C)C)c(OCC[C@H](C)CCCC(C)C)c(OCC[C@H](C)CCCC(C)C)c2)C6=O)cc(OCC[C@H](C)CCCC(C)C)c1OCC[C@H](C)CCCC(C)C. The van der Waals surface area contributed by atoms with E-state index in [1.807, 2.05) is 72.8 Å². The van der Waals surface area contributed by atoms with Crippen molar-refractivity contribution in [3.05, 3.63) is 106 Å². The Labute approximate surface area is 663 Å². The van der Waals surface area contributed by atoms with Gasteiger partial charge < -0.3 is 28.4 Å². The Morgan fingerprint density at radius 2 is 0.445 bits per heavy atom. The number of carbonyl (C=O) groups excluding carboxylic acids is 4. The highest BCUT2D eigenvalue weighted by atomic mass is 16.5. The van der Waals surface area contributed by atoms with Crippen molar-refractivity contribution in [1.82, 2.24) is 9.80 Å². The average Bonchev–Trinajstić information content (AvgIpc) is 0.690. The quantitative estimate of drug-likeness (QED) is 0.0206. The maximum Gasteiger partial charge on any atom is 0.261 e. The van der Waals surface area contributed by atoms with Crippen LogP contribution < -0.4 is 28.4 Å². The molecule has 0 fully saturated rings. The monoisotopic (exact) mass is 1510 g/mol. The molecule has 0 aromatic heterocycles. The molecule has 2 aliphatic rings. The molecule has 4 amide bonds. The van der Waals surface area contributed by atoms with Gasteiger partial charge in [0.25, 0.3) is 23.6 Å². The molecule has 0 N–H and O–H groups in total. The lowest BCUT2D eigenvalue weighted by molar-refractivity contribution is 0.0583. The van der Waals surface area contributed by atoms with E-state index in [4.69, 9.17) is 28.4 Å². The smallest absolute Gasteiger partial charge is 0.261 e. The fraction of sp³-hybridized carbons (Fsp3) is 0.633. The van der Waals surface area contributed by atoms with Gasteiger partial charge in [0.15, 0.2) is 23.0 Å². The van der Waals surface area contributed by atoms with Crippen LogP contribution in [-0.2, 0) is 13.1 Å². The van der Waals surface area contributed by atoms with Crippen LogP contribution in [0.4, 0.5) is 0 Å². The lowest BCUT2D eigenvalue weighted by atomic mass is 9.82. The van der Waals surface area contributed by atoms with Crippen molar-refractivity contribution in [2.45, 2.75) is 292 Å². The van der Waals surface area contributed by atoms with Gasteiger partial charge in [0.05, 0.1) is 52.7 Å². The fourth-order valence-electron chi connectivity index (χ4n) is 16.5. The minimum Gasteiger partial charge on any atom is -0.490 e. The summed E-state index contributed by atoms with van der Waals surface area (Å²) in [5.41, 5.74) is 3.16. The van der Waals surface area contributed by atoms with E-state index in [1.54, 1.807) is 0 Å². The van der Waals surface area contributed by atoms with Crippen molar-refractivity contribution < 1.29 is 47.6 Å². The zero-order valence-electron chi connectivity index (χ0n) is 71.5. The van der Waals surface area contributed by atoms with Crippen LogP contribution in [0.3, 0.4) is 0 Å². The zero-order valence-corrected chi connectivity index (χ0v) is 71.5. The van der Waals surface area contributed by atoms with Gasteiger partial charge in [-0.25, -0.2) is 0 Å². The van der Waals surface area contributed by atoms with Crippen LogP contribution in [0.25, 0.3) is 43.1 Å². The van der Waals surface area contributed by atoms with Crippen molar-refractivity contribution in [3.63, 3.8) is 0 Å². The van der Waals surface area contributed by atoms with E-state index >= 15 is 19.2 Å². The topological polar surface area (TPSA) is 130 Å². The molecule has 604 valence electrons. The summed E-state index contributed by atoms with van der Waals surface area (Å²) < 4.78 is 41.0. The standard InChI is InChI=1S/C98H142N2O10/c1-63(2)25-19-31-69(13)45-51-105-85-57-75(58-86(106-52-46-70(14)32-20-26-64(3)4)93(85)109-55-49-73(17)35-23-29-67(9)10)61-99-95(101)81-41-37-77-79-39-43-83-92-84(44-40-80(90(79)92)78-38-42-82(96(99)102)91(81)89(77)78)98(104)100(97(83)103)62-76-59-87(107-53-47-71(15)33-21-27-65(5)6)94(110-56-50-74(18)36-24-30-68(11)12)88(60-76)108-54-48-72(16)34-22-28-66(7)8/h37-44,57-60,63-74H,19-36,45-56,61-62H2,1-18H3/t69-,70-,71-,72-,73-,74-/m1/s1. The lowest BCUT2D eigenvalue weighted by Crippen LogP contribution is -2.40. The Hall–Kier alpha value is -7.08. The predicted octanol–water partition coefficient (Wildman–Crippen LogP) is 26.7. The second-order valence-electron chi connectivity index (χ2n) is 36.8. The molecule has 110 heavy (non-hydrogen) atoms. The summed E-state index contributed by atoms with van der Waals surface area (Å²) in [6, 6.07) is 23.2. The van der Waals surface area contributed by atoms with Crippen molar-refractivity contribution >= 4 is 66.7 Å². The van der Waals surface area contributed by atoms with Gasteiger partial charge in [-0.15, -0.1) is 0 Å². The van der Waals surface area contributed by atoms with Crippen LogP contribution in [0.1, 0.15) is 331 Å². The lowest BCUT2D eigenvalue weighted by Gasteiger charge is -2.30. The van der Waals surface area contributed by atoms with Crippen LogP contribution in [0.15, 0.2) is 72.8 Å². The second kappa shape index (κ2) is 42.2. The van der Waals surface area contributed by atoms with E-state index in [9.17, 15) is 0 Å². The predicted molar refractivity (Wildman–Crippen MR) is 457 cm³/mol. The highest BCUT2D eigenvalue weighted by Crippen LogP contribution is 2.49.